The highest BCUT2D eigenvalue weighted by Gasteiger charge is 2.40. The van der Waals surface area contributed by atoms with E-state index in [1.165, 1.54) is 49.0 Å². The number of phenolic OH excluding ortho intramolecular Hbond substituents is 2. The van der Waals surface area contributed by atoms with Gasteiger partial charge in [0, 0.05) is 73.1 Å². The number of hydrogen-bond donors (Lipinski definition) is 3. The summed E-state index contributed by atoms with van der Waals surface area (Å²) in [6.45, 7) is 3.71. The number of halogens is 3. The van der Waals surface area contributed by atoms with Crippen molar-refractivity contribution in [3.8, 4) is 11.5 Å². The van der Waals surface area contributed by atoms with Crippen molar-refractivity contribution < 1.29 is 19.8 Å². The van der Waals surface area contributed by atoms with Gasteiger partial charge in [-0.2, -0.15) is 0 Å². The molecular weight excluding hydrogens is 823 g/mol. The summed E-state index contributed by atoms with van der Waals surface area (Å²) in [5, 5.41) is 24.1. The maximum atomic E-state index is 12.4. The maximum Gasteiger partial charge on any atom is 0.227 e. The van der Waals surface area contributed by atoms with Gasteiger partial charge < -0.3 is 30.2 Å². The largest absolute Gasteiger partial charge is 0.506 e. The quantitative estimate of drug-likeness (QED) is 0.177. The van der Waals surface area contributed by atoms with Gasteiger partial charge in [-0.1, -0.05) is 63.4 Å². The molecule has 8 nitrogen and oxygen atoms in total. The molecule has 4 aromatic carbocycles. The molecule has 2 aliphatic carbocycles. The number of aromatic hydroxyl groups is 2. The van der Waals surface area contributed by atoms with Crippen molar-refractivity contribution in [3.05, 3.63) is 120 Å². The summed E-state index contributed by atoms with van der Waals surface area (Å²) in [4.78, 5) is 29.4. The first-order valence-electron chi connectivity index (χ1n) is 20.4. The van der Waals surface area contributed by atoms with Crippen molar-refractivity contribution >= 4 is 56.6 Å². The molecule has 300 valence electrons. The summed E-state index contributed by atoms with van der Waals surface area (Å²) in [5.41, 5.74) is 11.4. The number of amides is 2. The van der Waals surface area contributed by atoms with E-state index in [4.69, 9.17) is 23.2 Å². The Bertz CT molecular complexity index is 2190. The third-order valence-corrected chi connectivity index (χ3v) is 14.5. The van der Waals surface area contributed by atoms with Crippen molar-refractivity contribution in [1.82, 2.24) is 15.1 Å². The number of carbonyl (C=O) groups is 2. The van der Waals surface area contributed by atoms with Gasteiger partial charge in [0.25, 0.3) is 0 Å². The summed E-state index contributed by atoms with van der Waals surface area (Å²) in [6.07, 6.45) is 9.52. The summed E-state index contributed by atoms with van der Waals surface area (Å²) in [7, 11) is 4.41. The first-order valence-corrected chi connectivity index (χ1v) is 21.9. The molecule has 2 amide bonds. The van der Waals surface area contributed by atoms with Crippen molar-refractivity contribution in [3.63, 3.8) is 0 Å². The molecule has 0 unspecified atom stereocenters. The molecule has 4 aliphatic heterocycles. The van der Waals surface area contributed by atoms with Gasteiger partial charge in [-0.25, -0.2) is 0 Å². The molecular formula is C46H51BrCl2N4O4. The molecule has 2 saturated heterocycles. The zero-order valence-electron chi connectivity index (χ0n) is 32.7. The Kier molecular flexibility index (Phi) is 11.9. The number of benzene rings is 4. The SMILES string of the molecule is CN1CCc2cc(Cl)c(O)cc2[C@H]2c3cccc(Br)c3CC[C@@H]21.CN1CCc2cc(Cl)c(O)cc2[C@H]2c3cccc(N4CCCC4=O)c3CC[C@@H]21.O=C1CCCN1. The molecule has 0 bridgehead atoms. The van der Waals surface area contributed by atoms with Crippen LogP contribution in [-0.4, -0.2) is 84.2 Å². The Morgan fingerprint density at radius 2 is 1.23 bits per heavy atom. The minimum Gasteiger partial charge on any atom is -0.506 e. The van der Waals surface area contributed by atoms with Gasteiger partial charge in [0.1, 0.15) is 11.5 Å². The lowest BCUT2D eigenvalue weighted by molar-refractivity contribution is -0.119. The van der Waals surface area contributed by atoms with Crippen LogP contribution in [0.3, 0.4) is 0 Å². The Labute approximate surface area is 354 Å². The van der Waals surface area contributed by atoms with E-state index in [0.29, 0.717) is 34.5 Å². The molecule has 4 heterocycles. The lowest BCUT2D eigenvalue weighted by Crippen LogP contribution is -2.40. The van der Waals surface area contributed by atoms with Crippen molar-refractivity contribution in [2.45, 2.75) is 88.1 Å². The highest BCUT2D eigenvalue weighted by Crippen LogP contribution is 2.48. The summed E-state index contributed by atoms with van der Waals surface area (Å²) < 4.78 is 1.19. The zero-order valence-corrected chi connectivity index (χ0v) is 35.8. The molecule has 4 aromatic rings. The topological polar surface area (TPSA) is 96.3 Å². The lowest BCUT2D eigenvalue weighted by atomic mass is 9.74. The molecule has 0 radical (unpaired) electrons. The van der Waals surface area contributed by atoms with Crippen molar-refractivity contribution in [2.24, 2.45) is 0 Å². The average molecular weight is 875 g/mol. The number of nitrogens with one attached hydrogen (secondary N) is 1. The van der Waals surface area contributed by atoms with E-state index in [2.05, 4.69) is 81.5 Å². The van der Waals surface area contributed by atoms with Crippen LogP contribution in [0.1, 0.15) is 94.9 Å². The van der Waals surface area contributed by atoms with E-state index in [-0.39, 0.29) is 29.2 Å². The molecule has 4 atom stereocenters. The van der Waals surface area contributed by atoms with E-state index in [9.17, 15) is 19.8 Å². The minimum atomic E-state index is 0.154. The molecule has 0 aromatic heterocycles. The van der Waals surface area contributed by atoms with Gasteiger partial charge in [0.15, 0.2) is 0 Å². The standard InChI is InChI=1S/C23H25ClN2O2.C19H19BrClNO.C4H7NO/c1-25-11-9-14-12-18(24)21(27)13-17(14)23-16-4-2-5-19(15(16)7-8-20(23)25)26-10-3-6-22(26)28;1-22-8-7-11-9-16(21)18(23)10-14(11)19-13-3-2-4-15(20)12(13)5-6-17(19)22;6-4-2-1-3-5-4/h2,4-5,12-13,20,23,27H,3,6-11H2,1H3;2-4,9-10,17,19,23H,5-8H2,1H3;1-3H2,(H,5,6)/t20-,23+;17-,19+;/m00./s1. The van der Waals surface area contributed by atoms with E-state index < -0.39 is 0 Å². The second-order valence-electron chi connectivity index (χ2n) is 16.4. The Morgan fingerprint density at radius 3 is 1.74 bits per heavy atom. The fourth-order valence-corrected chi connectivity index (χ4v) is 11.2. The van der Waals surface area contributed by atoms with Crippen LogP contribution in [0, 0.1) is 0 Å². The van der Waals surface area contributed by atoms with Crippen molar-refractivity contribution in [2.75, 3.05) is 45.2 Å². The van der Waals surface area contributed by atoms with E-state index >= 15 is 0 Å². The normalized spacial score (nSPS) is 23.8. The first kappa shape index (κ1) is 40.2. The predicted octanol–water partition coefficient (Wildman–Crippen LogP) is 8.75. The molecule has 3 N–H and O–H groups in total. The van der Waals surface area contributed by atoms with E-state index in [1.807, 2.05) is 29.2 Å². The molecule has 0 spiro atoms. The van der Waals surface area contributed by atoms with Crippen LogP contribution >= 0.6 is 39.1 Å². The average Bonchev–Trinajstić information content (AvgIpc) is 3.82. The number of anilines is 1. The maximum absolute atomic E-state index is 12.4. The van der Waals surface area contributed by atoms with Gasteiger partial charge in [0.2, 0.25) is 11.8 Å². The highest BCUT2D eigenvalue weighted by molar-refractivity contribution is 9.10. The predicted molar refractivity (Wildman–Crippen MR) is 231 cm³/mol. The van der Waals surface area contributed by atoms with Crippen LogP contribution in [0.4, 0.5) is 5.69 Å². The molecule has 2 fully saturated rings. The molecule has 11 heteroatoms. The van der Waals surface area contributed by atoms with Gasteiger partial charge in [-0.3, -0.25) is 9.59 Å². The van der Waals surface area contributed by atoms with Crippen LogP contribution < -0.4 is 10.2 Å². The summed E-state index contributed by atoms with van der Waals surface area (Å²) in [5.74, 6) is 1.26. The highest BCUT2D eigenvalue weighted by atomic mass is 79.9. The third kappa shape index (κ3) is 7.95. The second-order valence-corrected chi connectivity index (χ2v) is 18.1. The number of carbonyl (C=O) groups excluding carboxylic acids is 2. The minimum absolute atomic E-state index is 0.154. The monoisotopic (exact) mass is 872 g/mol. The Hall–Kier alpha value is -3.60. The fourth-order valence-electron chi connectivity index (χ4n) is 10.2. The smallest absolute Gasteiger partial charge is 0.227 e. The van der Waals surface area contributed by atoms with Crippen LogP contribution in [0.2, 0.25) is 10.0 Å². The zero-order chi connectivity index (χ0) is 40.0. The number of nitrogens with zero attached hydrogens (tertiary/aromatic N) is 3. The third-order valence-electron chi connectivity index (χ3n) is 13.1. The number of rotatable bonds is 1. The van der Waals surface area contributed by atoms with E-state index in [0.717, 1.165) is 89.7 Å². The van der Waals surface area contributed by atoms with Gasteiger partial charge in [-0.05, 0) is 146 Å². The van der Waals surface area contributed by atoms with Crippen molar-refractivity contribution in [1.29, 1.82) is 0 Å². The Morgan fingerprint density at radius 1 is 0.667 bits per heavy atom. The molecule has 10 rings (SSSR count). The number of likely N-dealkylation sites (N-methyl/N-ethyl adjacent to an activating group) is 2. The number of hydrogen-bond acceptors (Lipinski definition) is 6. The van der Waals surface area contributed by atoms with Gasteiger partial charge in [0.05, 0.1) is 10.0 Å². The summed E-state index contributed by atoms with van der Waals surface area (Å²) >= 11 is 16.1. The fraction of sp³-hybridized carbons (Fsp3) is 0.435. The summed E-state index contributed by atoms with van der Waals surface area (Å²) in [6, 6.07) is 21.4. The molecule has 0 saturated carbocycles. The Balaban J connectivity index is 0.000000141. The lowest BCUT2D eigenvalue weighted by Gasteiger charge is -2.39. The number of fused-ring (bicyclic) bond motifs is 10. The van der Waals surface area contributed by atoms with E-state index in [1.54, 1.807) is 0 Å². The van der Waals surface area contributed by atoms with Crippen LogP contribution in [0.25, 0.3) is 0 Å². The van der Waals surface area contributed by atoms with Gasteiger partial charge in [-0.15, -0.1) is 0 Å². The molecule has 57 heavy (non-hydrogen) atoms. The first-order chi connectivity index (χ1) is 27.5. The van der Waals surface area contributed by atoms with Crippen LogP contribution in [-0.2, 0) is 35.3 Å². The second kappa shape index (κ2) is 16.9. The van der Waals surface area contributed by atoms with Crippen LogP contribution in [0.5, 0.6) is 11.5 Å². The molecule has 6 aliphatic rings. The van der Waals surface area contributed by atoms with Crippen LogP contribution in [0.15, 0.2) is 65.1 Å². The number of phenols is 2. The van der Waals surface area contributed by atoms with Gasteiger partial charge >= 0.3 is 0 Å².